The van der Waals surface area contributed by atoms with Crippen LogP contribution in [0, 0.1) is 0 Å². The minimum atomic E-state index is 0.0499. The molecule has 2 aliphatic rings. The number of hydrogen-bond donors (Lipinski definition) is 1. The van der Waals surface area contributed by atoms with E-state index in [1.165, 1.54) is 12.8 Å². The van der Waals surface area contributed by atoms with Crippen LogP contribution in [-0.2, 0) is 0 Å². The van der Waals surface area contributed by atoms with Gasteiger partial charge >= 0.3 is 0 Å². The molecule has 2 fully saturated rings. The minimum Gasteiger partial charge on any atom is -0.349 e. The van der Waals surface area contributed by atoms with Crippen molar-refractivity contribution in [2.24, 2.45) is 0 Å². The van der Waals surface area contributed by atoms with Gasteiger partial charge in [-0.1, -0.05) is 0 Å². The van der Waals surface area contributed by atoms with Crippen LogP contribution in [0.2, 0.25) is 0 Å². The Bertz CT molecular complexity index is 650. The van der Waals surface area contributed by atoms with Gasteiger partial charge in [-0.2, -0.15) is 0 Å². The molecule has 1 aromatic carbocycles. The summed E-state index contributed by atoms with van der Waals surface area (Å²) in [4.78, 5) is 15.0. The zero-order valence-corrected chi connectivity index (χ0v) is 13.3. The zero-order chi connectivity index (χ0) is 15.6. The van der Waals surface area contributed by atoms with Crippen molar-refractivity contribution < 1.29 is 4.79 Å². The molecule has 4 rings (SSSR count). The molecule has 4 nitrogen and oxygen atoms in total. The maximum Gasteiger partial charge on any atom is 0.251 e. The molecule has 0 radical (unpaired) electrons. The van der Waals surface area contributed by atoms with Crippen LogP contribution >= 0.6 is 0 Å². The number of likely N-dealkylation sites (tertiary alicyclic amines) is 1. The summed E-state index contributed by atoms with van der Waals surface area (Å²) in [6, 6.07) is 12.9. The normalized spacial score (nSPS) is 19.7. The third-order valence-corrected chi connectivity index (χ3v) is 4.96. The van der Waals surface area contributed by atoms with Gasteiger partial charge in [0.25, 0.3) is 5.91 Å². The summed E-state index contributed by atoms with van der Waals surface area (Å²) in [5, 5.41) is 3.20. The first kappa shape index (κ1) is 14.5. The number of carbonyl (C=O) groups excluding carboxylic acids is 1. The molecule has 1 aliphatic heterocycles. The molecule has 1 N–H and O–H groups in total. The highest BCUT2D eigenvalue weighted by molar-refractivity contribution is 5.94. The second-order valence-corrected chi connectivity index (χ2v) is 6.65. The molecule has 4 heteroatoms. The van der Waals surface area contributed by atoms with E-state index in [9.17, 15) is 4.79 Å². The molecule has 1 amide bonds. The van der Waals surface area contributed by atoms with Gasteiger partial charge in [0.15, 0.2) is 0 Å². The minimum absolute atomic E-state index is 0.0499. The lowest BCUT2D eigenvalue weighted by atomic mass is 10.0. The Morgan fingerprint density at radius 3 is 2.22 bits per heavy atom. The van der Waals surface area contributed by atoms with Crippen molar-refractivity contribution >= 4 is 5.91 Å². The predicted molar refractivity (Wildman–Crippen MR) is 90.9 cm³/mol. The average molecular weight is 309 g/mol. The Labute approximate surface area is 137 Å². The van der Waals surface area contributed by atoms with E-state index < -0.39 is 0 Å². The first-order chi connectivity index (χ1) is 11.3. The summed E-state index contributed by atoms with van der Waals surface area (Å²) in [6.07, 6.45) is 8.88. The molecule has 2 heterocycles. The monoisotopic (exact) mass is 309 g/mol. The van der Waals surface area contributed by atoms with Crippen LogP contribution in [0.5, 0.6) is 0 Å². The van der Waals surface area contributed by atoms with Crippen LogP contribution < -0.4 is 5.32 Å². The van der Waals surface area contributed by atoms with E-state index >= 15 is 0 Å². The number of hydrogen-bond acceptors (Lipinski definition) is 2. The predicted octanol–water partition coefficient (Wildman–Crippen LogP) is 2.83. The van der Waals surface area contributed by atoms with Crippen LogP contribution in [0.15, 0.2) is 48.8 Å². The second kappa shape index (κ2) is 6.20. The highest BCUT2D eigenvalue weighted by atomic mass is 16.1. The molecule has 0 spiro atoms. The standard InChI is InChI=1S/C19H23N3O/c23-19(20-16-9-13-22(14-10-16)18-7-8-18)15-3-5-17(6-4-15)21-11-1-2-12-21/h1-6,11-12,16,18H,7-10,13-14H2,(H,20,23). The molecule has 1 saturated carbocycles. The first-order valence-corrected chi connectivity index (χ1v) is 8.58. The van der Waals surface area contributed by atoms with Gasteiger partial charge in [-0.3, -0.25) is 4.79 Å². The Kier molecular flexibility index (Phi) is 3.92. The summed E-state index contributed by atoms with van der Waals surface area (Å²) in [6.45, 7) is 2.25. The fourth-order valence-corrected chi connectivity index (χ4v) is 3.41. The van der Waals surface area contributed by atoms with Gasteiger partial charge in [0.2, 0.25) is 0 Å². The highest BCUT2D eigenvalue weighted by Gasteiger charge is 2.32. The lowest BCUT2D eigenvalue weighted by Gasteiger charge is -2.32. The van der Waals surface area contributed by atoms with Crippen LogP contribution in [0.3, 0.4) is 0 Å². The molecule has 23 heavy (non-hydrogen) atoms. The maximum atomic E-state index is 12.4. The first-order valence-electron chi connectivity index (χ1n) is 8.58. The number of nitrogens with one attached hydrogen (secondary N) is 1. The van der Waals surface area contributed by atoms with E-state index in [2.05, 4.69) is 10.2 Å². The number of amides is 1. The third kappa shape index (κ3) is 3.32. The van der Waals surface area contributed by atoms with Crippen LogP contribution in [0.25, 0.3) is 5.69 Å². The van der Waals surface area contributed by atoms with Gasteiger partial charge in [-0.25, -0.2) is 0 Å². The molecule has 1 saturated heterocycles. The molecule has 120 valence electrons. The van der Waals surface area contributed by atoms with Crippen LogP contribution in [0.4, 0.5) is 0 Å². The molecule has 0 bridgehead atoms. The van der Waals surface area contributed by atoms with Crippen LogP contribution in [-0.4, -0.2) is 40.5 Å². The van der Waals surface area contributed by atoms with Crippen molar-refractivity contribution in [1.29, 1.82) is 0 Å². The molecule has 1 aromatic heterocycles. The molecule has 1 aliphatic carbocycles. The van der Waals surface area contributed by atoms with Crippen molar-refractivity contribution in [3.8, 4) is 5.69 Å². The van der Waals surface area contributed by atoms with Gasteiger partial charge < -0.3 is 14.8 Å². The van der Waals surface area contributed by atoms with E-state index in [0.29, 0.717) is 6.04 Å². The van der Waals surface area contributed by atoms with E-state index in [4.69, 9.17) is 0 Å². The van der Waals surface area contributed by atoms with Crippen molar-refractivity contribution in [1.82, 2.24) is 14.8 Å². The number of piperidine rings is 1. The highest BCUT2D eigenvalue weighted by Crippen LogP contribution is 2.29. The summed E-state index contributed by atoms with van der Waals surface area (Å²) in [5.41, 5.74) is 1.81. The van der Waals surface area contributed by atoms with Crippen molar-refractivity contribution in [3.05, 3.63) is 54.4 Å². The summed E-state index contributed by atoms with van der Waals surface area (Å²) >= 11 is 0. The SMILES string of the molecule is O=C(NC1CCN(C2CC2)CC1)c1ccc(-n2cccc2)cc1. The Hall–Kier alpha value is -2.07. The van der Waals surface area contributed by atoms with E-state index in [1.807, 2.05) is 53.4 Å². The van der Waals surface area contributed by atoms with Gasteiger partial charge in [0.05, 0.1) is 0 Å². The number of carbonyl (C=O) groups is 1. The Balaban J connectivity index is 1.34. The van der Waals surface area contributed by atoms with E-state index in [0.717, 1.165) is 43.2 Å². The van der Waals surface area contributed by atoms with Gasteiger partial charge in [0, 0.05) is 48.8 Å². The molecular formula is C19H23N3O. The molecule has 0 atom stereocenters. The van der Waals surface area contributed by atoms with Gasteiger partial charge in [-0.15, -0.1) is 0 Å². The van der Waals surface area contributed by atoms with Crippen molar-refractivity contribution in [2.45, 2.75) is 37.8 Å². The summed E-state index contributed by atoms with van der Waals surface area (Å²) < 4.78 is 2.04. The number of benzene rings is 1. The second-order valence-electron chi connectivity index (χ2n) is 6.65. The smallest absolute Gasteiger partial charge is 0.251 e. The third-order valence-electron chi connectivity index (χ3n) is 4.96. The molecular weight excluding hydrogens is 286 g/mol. The van der Waals surface area contributed by atoms with Gasteiger partial charge in [0.1, 0.15) is 0 Å². The van der Waals surface area contributed by atoms with Crippen molar-refractivity contribution in [2.75, 3.05) is 13.1 Å². The maximum absolute atomic E-state index is 12.4. The average Bonchev–Trinajstić information content (AvgIpc) is 3.30. The summed E-state index contributed by atoms with van der Waals surface area (Å²) in [5.74, 6) is 0.0499. The fourth-order valence-electron chi connectivity index (χ4n) is 3.41. The quantitative estimate of drug-likeness (QED) is 0.943. The summed E-state index contributed by atoms with van der Waals surface area (Å²) in [7, 11) is 0. The van der Waals surface area contributed by atoms with Crippen molar-refractivity contribution in [3.63, 3.8) is 0 Å². The topological polar surface area (TPSA) is 37.3 Å². The number of rotatable bonds is 4. The zero-order valence-electron chi connectivity index (χ0n) is 13.3. The number of aromatic nitrogens is 1. The molecule has 0 unspecified atom stereocenters. The lowest BCUT2D eigenvalue weighted by molar-refractivity contribution is 0.0909. The fraction of sp³-hybridized carbons (Fsp3) is 0.421. The molecule has 2 aromatic rings. The van der Waals surface area contributed by atoms with E-state index in [-0.39, 0.29) is 5.91 Å². The Morgan fingerprint density at radius 2 is 1.61 bits per heavy atom. The largest absolute Gasteiger partial charge is 0.349 e. The lowest BCUT2D eigenvalue weighted by Crippen LogP contribution is -2.45. The van der Waals surface area contributed by atoms with Crippen LogP contribution in [0.1, 0.15) is 36.0 Å². The Morgan fingerprint density at radius 1 is 0.957 bits per heavy atom. The number of nitrogens with zero attached hydrogens (tertiary/aromatic N) is 2. The van der Waals surface area contributed by atoms with E-state index in [1.54, 1.807) is 0 Å². The van der Waals surface area contributed by atoms with Gasteiger partial charge in [-0.05, 0) is 62.1 Å².